The van der Waals surface area contributed by atoms with Crippen LogP contribution in [0.2, 0.25) is 5.02 Å². The van der Waals surface area contributed by atoms with Crippen molar-refractivity contribution in [2.45, 2.75) is 42.7 Å². The second-order valence-electron chi connectivity index (χ2n) is 5.43. The highest BCUT2D eigenvalue weighted by atomic mass is 35.5. The van der Waals surface area contributed by atoms with Gasteiger partial charge in [-0.1, -0.05) is 11.6 Å². The number of carbonyl (C=O) groups excluding carboxylic acids is 1. The Labute approximate surface area is 128 Å². The molecule has 0 radical (unpaired) electrons. The minimum Gasteiger partial charge on any atom is -0.355 e. The highest BCUT2D eigenvalue weighted by Crippen LogP contribution is 2.36. The van der Waals surface area contributed by atoms with Gasteiger partial charge in [-0.2, -0.15) is 0 Å². The molecule has 3 nitrogen and oxygen atoms in total. The Morgan fingerprint density at radius 1 is 1.35 bits per heavy atom. The van der Waals surface area contributed by atoms with Gasteiger partial charge in [0.05, 0.1) is 0 Å². The van der Waals surface area contributed by atoms with Gasteiger partial charge in [0, 0.05) is 35.0 Å². The number of fused-ring (bicyclic) bond motifs is 1. The summed E-state index contributed by atoms with van der Waals surface area (Å²) in [6.45, 7) is 0.734. The molecule has 2 aliphatic heterocycles. The smallest absolute Gasteiger partial charge is 0.220 e. The zero-order valence-corrected chi connectivity index (χ0v) is 12.9. The Kier molecular flexibility index (Phi) is 4.54. The topological polar surface area (TPSA) is 41.1 Å². The first-order valence-corrected chi connectivity index (χ1v) is 8.54. The van der Waals surface area contributed by atoms with Crippen molar-refractivity contribution >= 4 is 29.3 Å². The third-order valence-electron chi connectivity index (χ3n) is 3.94. The SMILES string of the molecule is O=C1CC[C@@H](N[C@H]2CCCSc3ccc(Cl)cc32)CN1. The van der Waals surface area contributed by atoms with Crippen LogP contribution in [0.4, 0.5) is 0 Å². The van der Waals surface area contributed by atoms with Gasteiger partial charge in [-0.25, -0.2) is 0 Å². The third-order valence-corrected chi connectivity index (χ3v) is 5.36. The predicted molar refractivity (Wildman–Crippen MR) is 83.3 cm³/mol. The van der Waals surface area contributed by atoms with E-state index in [1.54, 1.807) is 0 Å². The molecule has 1 aromatic carbocycles. The Morgan fingerprint density at radius 3 is 3.05 bits per heavy atom. The van der Waals surface area contributed by atoms with Gasteiger partial charge in [0.1, 0.15) is 0 Å². The average molecular weight is 311 g/mol. The van der Waals surface area contributed by atoms with E-state index < -0.39 is 0 Å². The maximum Gasteiger partial charge on any atom is 0.220 e. The van der Waals surface area contributed by atoms with Gasteiger partial charge in [-0.15, -0.1) is 11.8 Å². The highest BCUT2D eigenvalue weighted by Gasteiger charge is 2.24. The fourth-order valence-electron chi connectivity index (χ4n) is 2.88. The van der Waals surface area contributed by atoms with Gasteiger partial charge < -0.3 is 10.6 Å². The summed E-state index contributed by atoms with van der Waals surface area (Å²) in [5.41, 5.74) is 1.32. The molecule has 3 rings (SSSR count). The summed E-state index contributed by atoms with van der Waals surface area (Å²) in [7, 11) is 0. The number of benzene rings is 1. The molecule has 0 spiro atoms. The van der Waals surface area contributed by atoms with Crippen molar-refractivity contribution in [1.82, 2.24) is 10.6 Å². The molecular weight excluding hydrogens is 292 g/mol. The molecular formula is C15H19ClN2OS. The zero-order valence-electron chi connectivity index (χ0n) is 11.3. The normalized spacial score (nSPS) is 26.6. The van der Waals surface area contributed by atoms with Crippen LogP contribution in [0, 0.1) is 0 Å². The van der Waals surface area contributed by atoms with Crippen LogP contribution in [0.15, 0.2) is 23.1 Å². The lowest BCUT2D eigenvalue weighted by molar-refractivity contribution is -0.122. The van der Waals surface area contributed by atoms with E-state index in [-0.39, 0.29) is 5.91 Å². The van der Waals surface area contributed by atoms with Crippen molar-refractivity contribution in [3.8, 4) is 0 Å². The van der Waals surface area contributed by atoms with E-state index in [0.29, 0.717) is 18.5 Å². The summed E-state index contributed by atoms with van der Waals surface area (Å²) >= 11 is 8.08. The lowest BCUT2D eigenvalue weighted by Crippen LogP contribution is -2.46. The Bertz CT molecular complexity index is 499. The number of amides is 1. The maximum atomic E-state index is 11.2. The van der Waals surface area contributed by atoms with Gasteiger partial charge >= 0.3 is 0 Å². The Morgan fingerprint density at radius 2 is 2.25 bits per heavy atom. The van der Waals surface area contributed by atoms with E-state index in [1.165, 1.54) is 16.9 Å². The number of thioether (sulfide) groups is 1. The van der Waals surface area contributed by atoms with Gasteiger partial charge in [-0.05, 0) is 48.8 Å². The molecule has 108 valence electrons. The molecule has 1 aromatic rings. The standard InChI is InChI=1S/C15H19ClN2OS/c16-10-3-5-14-12(8-10)13(2-1-7-20-14)18-11-4-6-15(19)17-9-11/h3,5,8,11,13,18H,1-2,4,6-7,9H2,(H,17,19)/t11-,13+/m1/s1. The van der Waals surface area contributed by atoms with Crippen LogP contribution in [-0.2, 0) is 4.79 Å². The number of piperidine rings is 1. The van der Waals surface area contributed by atoms with Crippen LogP contribution >= 0.6 is 23.4 Å². The molecule has 0 bridgehead atoms. The first-order chi connectivity index (χ1) is 9.72. The van der Waals surface area contributed by atoms with Crippen LogP contribution < -0.4 is 10.6 Å². The summed E-state index contributed by atoms with van der Waals surface area (Å²) in [4.78, 5) is 12.6. The number of carbonyl (C=O) groups is 1. The lowest BCUT2D eigenvalue weighted by Gasteiger charge is -2.29. The number of rotatable bonds is 2. The molecule has 2 aliphatic rings. The maximum absolute atomic E-state index is 11.2. The summed E-state index contributed by atoms with van der Waals surface area (Å²) in [5, 5.41) is 7.46. The van der Waals surface area contributed by atoms with Crippen molar-refractivity contribution < 1.29 is 4.79 Å². The largest absolute Gasteiger partial charge is 0.355 e. The van der Waals surface area contributed by atoms with E-state index in [9.17, 15) is 4.79 Å². The molecule has 0 aliphatic carbocycles. The summed E-state index contributed by atoms with van der Waals surface area (Å²) in [5.74, 6) is 1.33. The van der Waals surface area contributed by atoms with E-state index >= 15 is 0 Å². The quantitative estimate of drug-likeness (QED) is 0.882. The molecule has 0 saturated carbocycles. The van der Waals surface area contributed by atoms with Crippen molar-refractivity contribution in [2.75, 3.05) is 12.3 Å². The van der Waals surface area contributed by atoms with Crippen LogP contribution in [0.3, 0.4) is 0 Å². The van der Waals surface area contributed by atoms with E-state index in [2.05, 4.69) is 22.8 Å². The Balaban J connectivity index is 1.76. The number of halogens is 1. The summed E-state index contributed by atoms with van der Waals surface area (Å²) in [6, 6.07) is 6.90. The van der Waals surface area contributed by atoms with Crippen LogP contribution in [0.25, 0.3) is 0 Å². The van der Waals surface area contributed by atoms with E-state index in [4.69, 9.17) is 11.6 Å². The fourth-order valence-corrected chi connectivity index (χ4v) is 4.12. The second-order valence-corrected chi connectivity index (χ2v) is 7.00. The first-order valence-electron chi connectivity index (χ1n) is 7.17. The van der Waals surface area contributed by atoms with Crippen molar-refractivity contribution in [3.05, 3.63) is 28.8 Å². The molecule has 2 heterocycles. The molecule has 20 heavy (non-hydrogen) atoms. The fraction of sp³-hybridized carbons (Fsp3) is 0.533. The van der Waals surface area contributed by atoms with E-state index in [1.807, 2.05) is 17.8 Å². The molecule has 0 aromatic heterocycles. The number of hydrogen-bond acceptors (Lipinski definition) is 3. The summed E-state index contributed by atoms with van der Waals surface area (Å²) in [6.07, 6.45) is 3.88. The number of hydrogen-bond donors (Lipinski definition) is 2. The average Bonchev–Trinajstić information content (AvgIpc) is 2.64. The molecule has 1 amide bonds. The second kappa shape index (κ2) is 6.37. The molecule has 2 N–H and O–H groups in total. The first kappa shape index (κ1) is 14.2. The molecule has 2 atom stereocenters. The molecule has 1 fully saturated rings. The minimum atomic E-state index is 0.169. The molecule has 0 unspecified atom stereocenters. The van der Waals surface area contributed by atoms with Crippen molar-refractivity contribution in [1.29, 1.82) is 0 Å². The highest BCUT2D eigenvalue weighted by molar-refractivity contribution is 7.99. The third kappa shape index (κ3) is 3.30. The predicted octanol–water partition coefficient (Wildman–Crippen LogP) is 3.14. The monoisotopic (exact) mass is 310 g/mol. The minimum absolute atomic E-state index is 0.169. The molecule has 5 heteroatoms. The van der Waals surface area contributed by atoms with Gasteiger partial charge in [-0.3, -0.25) is 4.79 Å². The van der Waals surface area contributed by atoms with Crippen LogP contribution in [0.1, 0.15) is 37.3 Å². The van der Waals surface area contributed by atoms with Crippen LogP contribution in [-0.4, -0.2) is 24.2 Å². The Hall–Kier alpha value is -0.710. The van der Waals surface area contributed by atoms with Crippen molar-refractivity contribution in [3.63, 3.8) is 0 Å². The van der Waals surface area contributed by atoms with Crippen molar-refractivity contribution in [2.24, 2.45) is 0 Å². The lowest BCUT2D eigenvalue weighted by atomic mass is 9.99. The van der Waals surface area contributed by atoms with E-state index in [0.717, 1.165) is 30.2 Å². The number of nitrogens with one attached hydrogen (secondary N) is 2. The molecule has 1 saturated heterocycles. The van der Waals surface area contributed by atoms with Gasteiger partial charge in [0.25, 0.3) is 0 Å². The van der Waals surface area contributed by atoms with Gasteiger partial charge in [0.2, 0.25) is 5.91 Å². The van der Waals surface area contributed by atoms with Crippen LogP contribution in [0.5, 0.6) is 0 Å². The summed E-state index contributed by atoms with van der Waals surface area (Å²) < 4.78 is 0. The zero-order chi connectivity index (χ0) is 13.9. The van der Waals surface area contributed by atoms with Gasteiger partial charge in [0.15, 0.2) is 0 Å².